The number of hydrogen-bond acceptors (Lipinski definition) is 1. The van der Waals surface area contributed by atoms with E-state index >= 15 is 0 Å². The van der Waals surface area contributed by atoms with Gasteiger partial charge in [0.15, 0.2) is 5.69 Å². The van der Waals surface area contributed by atoms with E-state index in [4.69, 9.17) is 5.11 Å². The first-order valence-corrected chi connectivity index (χ1v) is 4.85. The van der Waals surface area contributed by atoms with Crippen LogP contribution in [0, 0.1) is 6.92 Å². The highest BCUT2D eigenvalue weighted by atomic mass is 16.4. The molecule has 14 heavy (non-hydrogen) atoms. The third-order valence-corrected chi connectivity index (χ3v) is 2.62. The quantitative estimate of drug-likeness (QED) is 0.732. The lowest BCUT2D eigenvalue weighted by Crippen LogP contribution is -2.38. The topological polar surface area (TPSA) is 46.1 Å². The molecule has 4 nitrogen and oxygen atoms in total. The zero-order valence-corrected chi connectivity index (χ0v) is 9.16. The molecule has 78 valence electrons. The molecule has 0 aliphatic rings. The Balaban J connectivity index is 3.46. The van der Waals surface area contributed by atoms with Gasteiger partial charge < -0.3 is 5.11 Å². The summed E-state index contributed by atoms with van der Waals surface area (Å²) in [6.45, 7) is 6.73. The molecule has 1 aromatic heterocycles. The number of aromatic nitrogens is 2. The van der Waals surface area contributed by atoms with E-state index in [9.17, 15) is 4.79 Å². The Labute approximate surface area is 83.8 Å². The van der Waals surface area contributed by atoms with Crippen molar-refractivity contribution in [1.82, 2.24) is 4.57 Å². The summed E-state index contributed by atoms with van der Waals surface area (Å²) in [5.41, 5.74) is 1.23. The second kappa shape index (κ2) is 3.82. The number of aromatic carboxylic acids is 1. The average Bonchev–Trinajstić information content (AvgIpc) is 2.36. The highest BCUT2D eigenvalue weighted by Crippen LogP contribution is 2.09. The average molecular weight is 197 g/mol. The maximum atomic E-state index is 11.0. The Kier molecular flexibility index (Phi) is 2.93. The molecular formula is C10H17N2O2+. The van der Waals surface area contributed by atoms with Gasteiger partial charge in [-0.2, -0.15) is 0 Å². The minimum absolute atomic E-state index is 0.392. The number of hydrogen-bond donors (Lipinski definition) is 1. The maximum absolute atomic E-state index is 11.0. The predicted octanol–water partition coefficient (Wildman–Crippen LogP) is 0.902. The molecular weight excluding hydrogens is 180 g/mol. The molecule has 0 aliphatic heterocycles. The van der Waals surface area contributed by atoms with E-state index in [1.807, 2.05) is 25.3 Å². The predicted molar refractivity (Wildman–Crippen MR) is 52.4 cm³/mol. The highest BCUT2D eigenvalue weighted by molar-refractivity contribution is 5.85. The van der Waals surface area contributed by atoms with Gasteiger partial charge in [0.25, 0.3) is 11.5 Å². The summed E-state index contributed by atoms with van der Waals surface area (Å²) in [6.07, 6.45) is 0.846. The fourth-order valence-electron chi connectivity index (χ4n) is 2.02. The Morgan fingerprint density at radius 2 is 2.07 bits per heavy atom. The Morgan fingerprint density at radius 3 is 2.36 bits per heavy atom. The molecule has 1 aromatic rings. The van der Waals surface area contributed by atoms with Crippen molar-refractivity contribution >= 4 is 5.97 Å². The van der Waals surface area contributed by atoms with Gasteiger partial charge in [-0.3, -0.25) is 0 Å². The van der Waals surface area contributed by atoms with Gasteiger partial charge in [-0.15, -0.1) is 0 Å². The van der Waals surface area contributed by atoms with E-state index in [2.05, 4.69) is 0 Å². The largest absolute Gasteiger partial charge is 0.475 e. The van der Waals surface area contributed by atoms with Crippen LogP contribution in [0.1, 0.15) is 35.9 Å². The van der Waals surface area contributed by atoms with E-state index in [-0.39, 0.29) is 0 Å². The zero-order valence-electron chi connectivity index (χ0n) is 9.16. The van der Waals surface area contributed by atoms with E-state index < -0.39 is 5.97 Å². The van der Waals surface area contributed by atoms with Gasteiger partial charge in [0.1, 0.15) is 0 Å². The van der Waals surface area contributed by atoms with E-state index in [1.54, 1.807) is 11.6 Å². The number of carbonyl (C=O) groups is 1. The number of imidazole rings is 1. The molecule has 0 aromatic carbocycles. The third-order valence-electron chi connectivity index (χ3n) is 2.62. The van der Waals surface area contributed by atoms with Crippen LogP contribution in [0.25, 0.3) is 0 Å². The van der Waals surface area contributed by atoms with Crippen LogP contribution in [-0.4, -0.2) is 15.6 Å². The standard InChI is InChI=1S/C10H16N2O2/c1-5-8-11(4)9(10(13)14)7(3)12(8)6-2/h5-6H2,1-4H3/p+1. The number of rotatable bonds is 3. The van der Waals surface area contributed by atoms with Gasteiger partial charge in [0.05, 0.1) is 13.6 Å². The first-order chi connectivity index (χ1) is 6.54. The molecule has 0 aliphatic carbocycles. The monoisotopic (exact) mass is 197 g/mol. The summed E-state index contributed by atoms with van der Waals surface area (Å²) in [5, 5.41) is 9.04. The SMILES string of the molecule is CCc1n(CC)c(C)c(C(=O)O)[n+]1C. The summed E-state index contributed by atoms with van der Waals surface area (Å²) in [6, 6.07) is 0. The molecule has 1 heterocycles. The van der Waals surface area contributed by atoms with Crippen molar-refractivity contribution in [2.24, 2.45) is 7.05 Å². The van der Waals surface area contributed by atoms with Gasteiger partial charge in [-0.1, -0.05) is 6.92 Å². The van der Waals surface area contributed by atoms with Gasteiger partial charge in [-0.25, -0.2) is 13.9 Å². The van der Waals surface area contributed by atoms with Gasteiger partial charge in [-0.05, 0) is 6.92 Å². The number of carboxylic acid groups (broad SMARTS) is 1. The van der Waals surface area contributed by atoms with Crippen molar-refractivity contribution < 1.29 is 14.5 Å². The normalized spacial score (nSPS) is 10.6. The highest BCUT2D eigenvalue weighted by Gasteiger charge is 2.27. The number of carboxylic acids is 1. The lowest BCUT2D eigenvalue weighted by Gasteiger charge is -1.96. The van der Waals surface area contributed by atoms with Crippen LogP contribution in [0.15, 0.2) is 0 Å². The van der Waals surface area contributed by atoms with E-state index in [1.165, 1.54) is 0 Å². The first-order valence-electron chi connectivity index (χ1n) is 4.85. The Bertz CT molecular complexity index is 339. The van der Waals surface area contributed by atoms with Crippen molar-refractivity contribution in [3.05, 3.63) is 17.2 Å². The van der Waals surface area contributed by atoms with Crippen molar-refractivity contribution in [2.75, 3.05) is 0 Å². The lowest BCUT2D eigenvalue weighted by molar-refractivity contribution is -0.681. The van der Waals surface area contributed by atoms with Gasteiger partial charge >= 0.3 is 5.97 Å². The van der Waals surface area contributed by atoms with Crippen LogP contribution >= 0.6 is 0 Å². The molecule has 0 saturated carbocycles. The van der Waals surface area contributed by atoms with Crippen LogP contribution < -0.4 is 4.57 Å². The van der Waals surface area contributed by atoms with Crippen molar-refractivity contribution in [2.45, 2.75) is 33.7 Å². The maximum Gasteiger partial charge on any atom is 0.380 e. The zero-order chi connectivity index (χ0) is 10.9. The Morgan fingerprint density at radius 1 is 1.50 bits per heavy atom. The lowest BCUT2D eigenvalue weighted by atomic mass is 10.3. The summed E-state index contributed by atoms with van der Waals surface area (Å²) < 4.78 is 3.81. The summed E-state index contributed by atoms with van der Waals surface area (Å²) >= 11 is 0. The van der Waals surface area contributed by atoms with Crippen molar-refractivity contribution in [3.8, 4) is 0 Å². The van der Waals surface area contributed by atoms with Gasteiger partial charge in [0, 0.05) is 13.3 Å². The smallest absolute Gasteiger partial charge is 0.380 e. The molecule has 0 atom stereocenters. The molecule has 0 bridgehead atoms. The van der Waals surface area contributed by atoms with Crippen molar-refractivity contribution in [1.29, 1.82) is 0 Å². The molecule has 1 rings (SSSR count). The third kappa shape index (κ3) is 1.41. The van der Waals surface area contributed by atoms with Crippen LogP contribution in [0.3, 0.4) is 0 Å². The molecule has 4 heteroatoms. The number of nitrogens with zero attached hydrogens (tertiary/aromatic N) is 2. The molecule has 0 unspecified atom stereocenters. The second-order valence-electron chi connectivity index (χ2n) is 3.31. The van der Waals surface area contributed by atoms with Crippen LogP contribution in [0.2, 0.25) is 0 Å². The fourth-order valence-corrected chi connectivity index (χ4v) is 2.02. The van der Waals surface area contributed by atoms with E-state index in [0.29, 0.717) is 5.69 Å². The van der Waals surface area contributed by atoms with Crippen LogP contribution in [0.5, 0.6) is 0 Å². The van der Waals surface area contributed by atoms with Crippen LogP contribution in [-0.2, 0) is 20.0 Å². The first kappa shape index (κ1) is 10.8. The Hall–Kier alpha value is -1.32. The molecule has 0 amide bonds. The summed E-state index contributed by atoms with van der Waals surface area (Å²) in [4.78, 5) is 11.0. The van der Waals surface area contributed by atoms with E-state index in [0.717, 1.165) is 24.5 Å². The minimum atomic E-state index is -0.855. The van der Waals surface area contributed by atoms with Crippen molar-refractivity contribution in [3.63, 3.8) is 0 Å². The minimum Gasteiger partial charge on any atom is -0.475 e. The molecule has 1 N–H and O–H groups in total. The molecule has 0 spiro atoms. The molecule has 0 radical (unpaired) electrons. The molecule has 0 fully saturated rings. The fraction of sp³-hybridized carbons (Fsp3) is 0.600. The van der Waals surface area contributed by atoms with Gasteiger partial charge in [0.2, 0.25) is 0 Å². The van der Waals surface area contributed by atoms with Crippen LogP contribution in [0.4, 0.5) is 0 Å². The summed E-state index contributed by atoms with van der Waals surface area (Å²) in [5.74, 6) is 0.203. The summed E-state index contributed by atoms with van der Waals surface area (Å²) in [7, 11) is 1.81. The second-order valence-corrected chi connectivity index (χ2v) is 3.31. The molecule has 0 saturated heterocycles.